The summed E-state index contributed by atoms with van der Waals surface area (Å²) >= 11 is 1.70. The molecule has 0 aromatic carbocycles. The van der Waals surface area contributed by atoms with E-state index in [1.54, 1.807) is 16.0 Å². The molecule has 0 saturated heterocycles. The lowest BCUT2D eigenvalue weighted by Gasteiger charge is -2.06. The monoisotopic (exact) mass is 307 g/mol. The van der Waals surface area contributed by atoms with Gasteiger partial charge in [0.25, 0.3) is 0 Å². The van der Waals surface area contributed by atoms with Crippen LogP contribution in [0.4, 0.5) is 10.6 Å². The number of aromatic nitrogens is 3. The molecule has 2 heterocycles. The molecule has 2 amide bonds. The minimum atomic E-state index is -0.215. The average molecular weight is 307 g/mol. The van der Waals surface area contributed by atoms with Crippen LogP contribution in [-0.2, 0) is 26.3 Å². The van der Waals surface area contributed by atoms with Gasteiger partial charge in [-0.05, 0) is 12.8 Å². The Morgan fingerprint density at radius 1 is 1.38 bits per heavy atom. The van der Waals surface area contributed by atoms with Crippen LogP contribution in [0.2, 0.25) is 0 Å². The van der Waals surface area contributed by atoms with Crippen molar-refractivity contribution in [3.8, 4) is 0 Å². The van der Waals surface area contributed by atoms with Crippen molar-refractivity contribution in [2.24, 2.45) is 7.05 Å². The summed E-state index contributed by atoms with van der Waals surface area (Å²) in [7, 11) is 1.82. The first-order valence-corrected chi connectivity index (χ1v) is 7.95. The lowest BCUT2D eigenvalue weighted by atomic mass is 10.3. The maximum Gasteiger partial charge on any atom is 0.320 e. The van der Waals surface area contributed by atoms with Gasteiger partial charge in [0, 0.05) is 37.2 Å². The van der Waals surface area contributed by atoms with Gasteiger partial charge in [0.2, 0.25) is 0 Å². The predicted octanol–water partition coefficient (Wildman–Crippen LogP) is 2.37. The van der Waals surface area contributed by atoms with E-state index in [4.69, 9.17) is 0 Å². The van der Waals surface area contributed by atoms with E-state index >= 15 is 0 Å². The number of aryl methyl sites for hydroxylation is 3. The van der Waals surface area contributed by atoms with Crippen molar-refractivity contribution >= 4 is 23.2 Å². The molecule has 0 fully saturated rings. The highest BCUT2D eigenvalue weighted by atomic mass is 32.1. The number of nitrogens with zero attached hydrogens (tertiary/aromatic N) is 3. The molecular formula is C14H21N5OS. The third-order valence-electron chi connectivity index (χ3n) is 3.11. The van der Waals surface area contributed by atoms with Crippen molar-refractivity contribution < 1.29 is 4.79 Å². The molecule has 114 valence electrons. The summed E-state index contributed by atoms with van der Waals surface area (Å²) in [5.74, 6) is 0.701. The van der Waals surface area contributed by atoms with E-state index in [9.17, 15) is 4.79 Å². The number of thiazole rings is 1. The van der Waals surface area contributed by atoms with Gasteiger partial charge in [0.15, 0.2) is 0 Å². The normalized spacial score (nSPS) is 10.6. The first kappa shape index (κ1) is 15.5. The fraction of sp³-hybridized carbons (Fsp3) is 0.500. The SMILES string of the molecule is CCc1cc(NC(=O)NCCc2ncc(CC)s2)n(C)n1. The third kappa shape index (κ3) is 4.29. The zero-order chi connectivity index (χ0) is 15.2. The van der Waals surface area contributed by atoms with Crippen LogP contribution < -0.4 is 10.6 Å². The molecule has 2 aromatic heterocycles. The van der Waals surface area contributed by atoms with Crippen LogP contribution in [0.1, 0.15) is 29.4 Å². The quantitative estimate of drug-likeness (QED) is 0.860. The maximum absolute atomic E-state index is 11.8. The minimum absolute atomic E-state index is 0.215. The van der Waals surface area contributed by atoms with Crippen LogP contribution in [0, 0.1) is 0 Å². The Hall–Kier alpha value is -1.89. The predicted molar refractivity (Wildman–Crippen MR) is 84.8 cm³/mol. The highest BCUT2D eigenvalue weighted by molar-refractivity contribution is 7.11. The van der Waals surface area contributed by atoms with E-state index in [-0.39, 0.29) is 6.03 Å². The lowest BCUT2D eigenvalue weighted by Crippen LogP contribution is -2.31. The largest absolute Gasteiger partial charge is 0.337 e. The Labute approximate surface area is 128 Å². The smallest absolute Gasteiger partial charge is 0.320 e. The van der Waals surface area contributed by atoms with Gasteiger partial charge in [-0.25, -0.2) is 9.78 Å². The molecule has 0 radical (unpaired) electrons. The molecular weight excluding hydrogens is 286 g/mol. The second-order valence-corrected chi connectivity index (χ2v) is 5.90. The number of rotatable bonds is 6. The number of carbonyl (C=O) groups excluding carboxylic acids is 1. The summed E-state index contributed by atoms with van der Waals surface area (Å²) in [6.07, 6.45) is 4.51. The molecule has 0 atom stereocenters. The van der Waals surface area contributed by atoms with Crippen LogP contribution in [0.15, 0.2) is 12.3 Å². The van der Waals surface area contributed by atoms with Gasteiger partial charge in [-0.15, -0.1) is 11.3 Å². The zero-order valence-corrected chi connectivity index (χ0v) is 13.5. The highest BCUT2D eigenvalue weighted by Gasteiger charge is 2.08. The summed E-state index contributed by atoms with van der Waals surface area (Å²) in [5, 5.41) is 11.0. The molecule has 2 N–H and O–H groups in total. The highest BCUT2D eigenvalue weighted by Crippen LogP contribution is 2.13. The van der Waals surface area contributed by atoms with Gasteiger partial charge in [-0.2, -0.15) is 5.10 Å². The topological polar surface area (TPSA) is 71.8 Å². The van der Waals surface area contributed by atoms with E-state index in [2.05, 4.69) is 27.6 Å². The van der Waals surface area contributed by atoms with Crippen LogP contribution in [0.25, 0.3) is 0 Å². The van der Waals surface area contributed by atoms with Crippen LogP contribution in [0.3, 0.4) is 0 Å². The summed E-state index contributed by atoms with van der Waals surface area (Å²) in [5.41, 5.74) is 0.961. The molecule has 0 aliphatic carbocycles. The van der Waals surface area contributed by atoms with E-state index < -0.39 is 0 Å². The molecule has 0 spiro atoms. The molecule has 0 saturated carbocycles. The molecule has 0 aliphatic rings. The molecule has 0 bridgehead atoms. The van der Waals surface area contributed by atoms with E-state index in [1.807, 2.05) is 26.2 Å². The summed E-state index contributed by atoms with van der Waals surface area (Å²) in [6, 6.07) is 1.67. The average Bonchev–Trinajstić information content (AvgIpc) is 3.06. The second-order valence-electron chi connectivity index (χ2n) is 4.70. The minimum Gasteiger partial charge on any atom is -0.337 e. The van der Waals surface area contributed by atoms with Gasteiger partial charge in [-0.1, -0.05) is 13.8 Å². The number of hydrogen-bond donors (Lipinski definition) is 2. The fourth-order valence-electron chi connectivity index (χ4n) is 1.89. The van der Waals surface area contributed by atoms with Gasteiger partial charge >= 0.3 is 6.03 Å². The first-order chi connectivity index (χ1) is 10.1. The standard InChI is InChI=1S/C14H21N5OS/c1-4-10-8-12(19(3)18-10)17-14(20)15-7-6-13-16-9-11(5-2)21-13/h8-9H,4-7H2,1-3H3,(H2,15,17,20). The third-order valence-corrected chi connectivity index (χ3v) is 4.31. The Morgan fingerprint density at radius 2 is 2.19 bits per heavy atom. The van der Waals surface area contributed by atoms with Crippen LogP contribution in [0.5, 0.6) is 0 Å². The first-order valence-electron chi connectivity index (χ1n) is 7.13. The number of nitrogens with one attached hydrogen (secondary N) is 2. The van der Waals surface area contributed by atoms with Crippen LogP contribution >= 0.6 is 11.3 Å². The van der Waals surface area contributed by atoms with Crippen molar-refractivity contribution in [1.82, 2.24) is 20.1 Å². The number of anilines is 1. The Kier molecular flexibility index (Phi) is 5.32. The van der Waals surface area contributed by atoms with Crippen molar-refractivity contribution in [2.75, 3.05) is 11.9 Å². The van der Waals surface area contributed by atoms with Gasteiger partial charge in [0.1, 0.15) is 5.82 Å². The second kappa shape index (κ2) is 7.21. The summed E-state index contributed by atoms with van der Waals surface area (Å²) in [6.45, 7) is 4.72. The molecule has 21 heavy (non-hydrogen) atoms. The van der Waals surface area contributed by atoms with Crippen molar-refractivity contribution in [3.05, 3.63) is 27.8 Å². The molecule has 0 unspecified atom stereocenters. The Bertz CT molecular complexity index is 604. The van der Waals surface area contributed by atoms with Crippen molar-refractivity contribution in [1.29, 1.82) is 0 Å². The fourth-order valence-corrected chi connectivity index (χ4v) is 2.75. The number of urea groups is 1. The molecule has 0 aliphatic heterocycles. The Balaban J connectivity index is 1.77. The summed E-state index contributed by atoms with van der Waals surface area (Å²) in [4.78, 5) is 17.4. The Morgan fingerprint density at radius 3 is 2.81 bits per heavy atom. The van der Waals surface area contributed by atoms with Gasteiger partial charge < -0.3 is 5.32 Å². The number of carbonyl (C=O) groups is 1. The maximum atomic E-state index is 11.8. The number of amides is 2. The van der Waals surface area contributed by atoms with E-state index in [0.717, 1.165) is 30.0 Å². The summed E-state index contributed by atoms with van der Waals surface area (Å²) < 4.78 is 1.67. The molecule has 7 heteroatoms. The van der Waals surface area contributed by atoms with Gasteiger partial charge in [-0.3, -0.25) is 10.00 Å². The molecule has 2 aromatic rings. The van der Waals surface area contributed by atoms with Crippen molar-refractivity contribution in [3.63, 3.8) is 0 Å². The van der Waals surface area contributed by atoms with Gasteiger partial charge in [0.05, 0.1) is 10.7 Å². The van der Waals surface area contributed by atoms with E-state index in [0.29, 0.717) is 12.4 Å². The zero-order valence-electron chi connectivity index (χ0n) is 12.6. The lowest BCUT2D eigenvalue weighted by molar-refractivity contribution is 0.252. The van der Waals surface area contributed by atoms with Crippen molar-refractivity contribution in [2.45, 2.75) is 33.1 Å². The van der Waals surface area contributed by atoms with Crippen LogP contribution in [-0.4, -0.2) is 27.3 Å². The molecule has 6 nitrogen and oxygen atoms in total. The molecule has 2 rings (SSSR count). The number of hydrogen-bond acceptors (Lipinski definition) is 4. The van der Waals surface area contributed by atoms with E-state index in [1.165, 1.54) is 4.88 Å².